The zero-order valence-corrected chi connectivity index (χ0v) is 12.7. The molecule has 5 heteroatoms. The fraction of sp³-hybridized carbons (Fsp3) is 0.375. The van der Waals surface area contributed by atoms with Gasteiger partial charge in [0.25, 0.3) is 5.91 Å². The van der Waals surface area contributed by atoms with E-state index < -0.39 is 0 Å². The Morgan fingerprint density at radius 1 is 1.43 bits per heavy atom. The van der Waals surface area contributed by atoms with E-state index in [1.165, 1.54) is 22.5 Å². The van der Waals surface area contributed by atoms with E-state index in [1.807, 2.05) is 11.4 Å². The van der Waals surface area contributed by atoms with Gasteiger partial charge < -0.3 is 11.1 Å². The normalized spacial score (nSPS) is 17.3. The Morgan fingerprint density at radius 3 is 3.14 bits per heavy atom. The maximum Gasteiger partial charge on any atom is 0.271 e. The van der Waals surface area contributed by atoms with Gasteiger partial charge in [0.1, 0.15) is 5.69 Å². The summed E-state index contributed by atoms with van der Waals surface area (Å²) in [6.45, 7) is 0.560. The highest BCUT2D eigenvalue weighted by atomic mass is 32.1. The Kier molecular flexibility index (Phi) is 4.31. The van der Waals surface area contributed by atoms with E-state index >= 15 is 0 Å². The molecule has 3 N–H and O–H groups in total. The molecule has 1 heterocycles. The molecule has 0 fully saturated rings. The van der Waals surface area contributed by atoms with E-state index in [1.54, 1.807) is 0 Å². The molecule has 1 aromatic carbocycles. The smallest absolute Gasteiger partial charge is 0.271 e. The molecule has 1 aliphatic carbocycles. The van der Waals surface area contributed by atoms with Gasteiger partial charge in [0.2, 0.25) is 0 Å². The van der Waals surface area contributed by atoms with Crippen LogP contribution >= 0.6 is 11.3 Å². The summed E-state index contributed by atoms with van der Waals surface area (Å²) in [5.74, 6) is -0.0868. The van der Waals surface area contributed by atoms with Gasteiger partial charge in [-0.25, -0.2) is 4.98 Å². The summed E-state index contributed by atoms with van der Waals surface area (Å²) in [5.41, 5.74) is 8.61. The SMILES string of the molecule is NCCc1nc(C(=O)NC2CCCc3ccccc32)cs1. The maximum absolute atomic E-state index is 12.3. The molecule has 21 heavy (non-hydrogen) atoms. The molecular formula is C16H19N3OS. The number of hydrogen-bond donors (Lipinski definition) is 2. The van der Waals surface area contributed by atoms with Crippen molar-refractivity contribution in [2.75, 3.05) is 6.54 Å². The highest BCUT2D eigenvalue weighted by Gasteiger charge is 2.22. The molecule has 1 unspecified atom stereocenters. The largest absolute Gasteiger partial charge is 0.344 e. The number of carbonyl (C=O) groups excluding carboxylic acids is 1. The molecule has 0 aliphatic heterocycles. The summed E-state index contributed by atoms with van der Waals surface area (Å²) in [6, 6.07) is 8.45. The molecule has 110 valence electrons. The Balaban J connectivity index is 1.73. The number of nitrogens with zero attached hydrogens (tertiary/aromatic N) is 1. The van der Waals surface area contributed by atoms with Crippen molar-refractivity contribution >= 4 is 17.2 Å². The predicted molar refractivity (Wildman–Crippen MR) is 84.5 cm³/mol. The number of thiazole rings is 1. The zero-order chi connectivity index (χ0) is 14.7. The number of nitrogens with two attached hydrogens (primary N) is 1. The van der Waals surface area contributed by atoms with Gasteiger partial charge in [-0.05, 0) is 36.9 Å². The van der Waals surface area contributed by atoms with Crippen LogP contribution in [0.4, 0.5) is 0 Å². The summed E-state index contributed by atoms with van der Waals surface area (Å²) in [5, 5.41) is 5.86. The van der Waals surface area contributed by atoms with E-state index in [0.29, 0.717) is 12.2 Å². The van der Waals surface area contributed by atoms with Crippen LogP contribution in [0.1, 0.15) is 45.5 Å². The lowest BCUT2D eigenvalue weighted by Gasteiger charge is -2.26. The van der Waals surface area contributed by atoms with Gasteiger partial charge in [-0.3, -0.25) is 4.79 Å². The van der Waals surface area contributed by atoms with Crippen LogP contribution in [0.15, 0.2) is 29.6 Å². The number of benzene rings is 1. The number of carbonyl (C=O) groups is 1. The third kappa shape index (κ3) is 3.14. The molecule has 1 aliphatic rings. The average molecular weight is 301 g/mol. The topological polar surface area (TPSA) is 68.0 Å². The molecule has 2 aromatic rings. The average Bonchev–Trinajstić information content (AvgIpc) is 2.97. The summed E-state index contributed by atoms with van der Waals surface area (Å²) >= 11 is 1.50. The van der Waals surface area contributed by atoms with E-state index in [-0.39, 0.29) is 11.9 Å². The molecule has 0 bridgehead atoms. The van der Waals surface area contributed by atoms with Crippen molar-refractivity contribution in [1.29, 1.82) is 0 Å². The molecule has 1 amide bonds. The fourth-order valence-corrected chi connectivity index (χ4v) is 3.58. The van der Waals surface area contributed by atoms with Crippen molar-refractivity contribution in [1.82, 2.24) is 10.3 Å². The first-order chi connectivity index (χ1) is 10.3. The van der Waals surface area contributed by atoms with Crippen molar-refractivity contribution < 1.29 is 4.79 Å². The maximum atomic E-state index is 12.3. The monoisotopic (exact) mass is 301 g/mol. The second-order valence-corrected chi connectivity index (χ2v) is 6.22. The lowest BCUT2D eigenvalue weighted by molar-refractivity contribution is 0.0928. The van der Waals surface area contributed by atoms with Crippen LogP contribution in [0.2, 0.25) is 0 Å². The first-order valence-electron chi connectivity index (χ1n) is 7.31. The molecule has 0 spiro atoms. The Labute approximate surface area is 128 Å². The third-order valence-corrected chi connectivity index (χ3v) is 4.73. The van der Waals surface area contributed by atoms with Crippen LogP contribution in [-0.4, -0.2) is 17.4 Å². The van der Waals surface area contributed by atoms with Crippen LogP contribution in [-0.2, 0) is 12.8 Å². The summed E-state index contributed by atoms with van der Waals surface area (Å²) < 4.78 is 0. The highest BCUT2D eigenvalue weighted by molar-refractivity contribution is 7.09. The number of hydrogen-bond acceptors (Lipinski definition) is 4. The molecular weight excluding hydrogens is 282 g/mol. The Bertz CT molecular complexity index is 638. The number of nitrogens with one attached hydrogen (secondary N) is 1. The van der Waals surface area contributed by atoms with E-state index in [0.717, 1.165) is 30.7 Å². The van der Waals surface area contributed by atoms with E-state index in [2.05, 4.69) is 28.5 Å². The van der Waals surface area contributed by atoms with Gasteiger partial charge in [0.15, 0.2) is 0 Å². The van der Waals surface area contributed by atoms with Gasteiger partial charge in [0.05, 0.1) is 11.0 Å². The predicted octanol–water partition coefficient (Wildman–Crippen LogP) is 2.45. The van der Waals surface area contributed by atoms with Gasteiger partial charge >= 0.3 is 0 Å². The minimum Gasteiger partial charge on any atom is -0.344 e. The summed E-state index contributed by atoms with van der Waals surface area (Å²) in [6.07, 6.45) is 3.92. The van der Waals surface area contributed by atoms with Gasteiger partial charge in [-0.2, -0.15) is 0 Å². The Hall–Kier alpha value is -1.72. The minimum atomic E-state index is -0.0868. The lowest BCUT2D eigenvalue weighted by atomic mass is 9.88. The second-order valence-electron chi connectivity index (χ2n) is 5.28. The number of aryl methyl sites for hydroxylation is 1. The first kappa shape index (κ1) is 14.2. The van der Waals surface area contributed by atoms with Crippen molar-refractivity contribution in [3.05, 3.63) is 51.5 Å². The van der Waals surface area contributed by atoms with Crippen LogP contribution in [0.5, 0.6) is 0 Å². The van der Waals surface area contributed by atoms with Gasteiger partial charge in [-0.1, -0.05) is 24.3 Å². The lowest BCUT2D eigenvalue weighted by Crippen LogP contribution is -2.31. The van der Waals surface area contributed by atoms with Crippen LogP contribution < -0.4 is 11.1 Å². The molecule has 4 nitrogen and oxygen atoms in total. The highest BCUT2D eigenvalue weighted by Crippen LogP contribution is 2.29. The standard InChI is InChI=1S/C16H19N3OS/c17-9-8-15-18-14(10-21-15)16(20)19-13-7-3-5-11-4-1-2-6-12(11)13/h1-2,4,6,10,13H,3,5,7-9,17H2,(H,19,20). The number of rotatable bonds is 4. The van der Waals surface area contributed by atoms with Crippen molar-refractivity contribution in [3.63, 3.8) is 0 Å². The quantitative estimate of drug-likeness (QED) is 0.911. The number of fused-ring (bicyclic) bond motifs is 1. The van der Waals surface area contributed by atoms with Gasteiger partial charge in [-0.15, -0.1) is 11.3 Å². The van der Waals surface area contributed by atoms with Crippen LogP contribution in [0.25, 0.3) is 0 Å². The molecule has 0 saturated heterocycles. The minimum absolute atomic E-state index is 0.0868. The molecule has 1 aromatic heterocycles. The number of aromatic nitrogens is 1. The summed E-state index contributed by atoms with van der Waals surface area (Å²) in [4.78, 5) is 16.7. The molecule has 3 rings (SSSR count). The Morgan fingerprint density at radius 2 is 2.29 bits per heavy atom. The number of amides is 1. The third-order valence-electron chi connectivity index (χ3n) is 3.82. The first-order valence-corrected chi connectivity index (χ1v) is 8.19. The molecule has 0 saturated carbocycles. The molecule has 1 atom stereocenters. The van der Waals surface area contributed by atoms with Crippen molar-refractivity contribution in [2.24, 2.45) is 5.73 Å². The second kappa shape index (κ2) is 6.37. The van der Waals surface area contributed by atoms with Crippen molar-refractivity contribution in [3.8, 4) is 0 Å². The fourth-order valence-electron chi connectivity index (χ4n) is 2.79. The molecule has 0 radical (unpaired) electrons. The van der Waals surface area contributed by atoms with Crippen molar-refractivity contribution in [2.45, 2.75) is 31.7 Å². The van der Waals surface area contributed by atoms with Crippen LogP contribution in [0, 0.1) is 0 Å². The zero-order valence-electron chi connectivity index (χ0n) is 11.8. The van der Waals surface area contributed by atoms with E-state index in [9.17, 15) is 4.79 Å². The summed E-state index contributed by atoms with van der Waals surface area (Å²) in [7, 11) is 0. The van der Waals surface area contributed by atoms with Crippen LogP contribution in [0.3, 0.4) is 0 Å². The van der Waals surface area contributed by atoms with Gasteiger partial charge in [0, 0.05) is 11.8 Å². The van der Waals surface area contributed by atoms with E-state index in [4.69, 9.17) is 5.73 Å².